The fourth-order valence-corrected chi connectivity index (χ4v) is 1.96. The first-order chi connectivity index (χ1) is 8.97. The summed E-state index contributed by atoms with van der Waals surface area (Å²) in [5.41, 5.74) is 3.01. The first-order valence-electron chi connectivity index (χ1n) is 5.96. The van der Waals surface area contributed by atoms with Gasteiger partial charge in [0, 0.05) is 12.7 Å². The summed E-state index contributed by atoms with van der Waals surface area (Å²) < 4.78 is 13.0. The highest BCUT2D eigenvalue weighted by atomic mass is 19.1. The average Bonchev–Trinajstić information content (AvgIpc) is 2.36. The van der Waals surface area contributed by atoms with Gasteiger partial charge in [0.15, 0.2) is 0 Å². The first kappa shape index (κ1) is 13.2. The van der Waals surface area contributed by atoms with Crippen molar-refractivity contribution >= 4 is 11.6 Å². The molecule has 98 valence electrons. The summed E-state index contributed by atoms with van der Waals surface area (Å²) in [6.45, 7) is 3.94. The molecule has 0 unspecified atom stereocenters. The number of aryl methyl sites for hydroxylation is 2. The second-order valence-corrected chi connectivity index (χ2v) is 4.56. The van der Waals surface area contributed by atoms with Gasteiger partial charge in [0.25, 0.3) is 5.91 Å². The molecule has 0 aliphatic heterocycles. The van der Waals surface area contributed by atoms with Crippen LogP contribution in [0, 0.1) is 19.8 Å². The van der Waals surface area contributed by atoms with Gasteiger partial charge in [-0.25, -0.2) is 4.98 Å². The second kappa shape index (κ2) is 5.18. The number of aromatic nitrogens is 1. The molecular formula is C15H15FN2O. The van der Waals surface area contributed by atoms with Crippen molar-refractivity contribution in [1.29, 1.82) is 0 Å². The van der Waals surface area contributed by atoms with Crippen molar-refractivity contribution in [3.63, 3.8) is 0 Å². The number of carbonyl (C=O) groups is 1. The summed E-state index contributed by atoms with van der Waals surface area (Å²) in [6, 6.07) is 10.0. The number of carbonyl (C=O) groups excluding carboxylic acids is 1. The molecule has 1 heterocycles. The average molecular weight is 258 g/mol. The Kier molecular flexibility index (Phi) is 3.60. The van der Waals surface area contributed by atoms with Gasteiger partial charge in [0.05, 0.1) is 0 Å². The number of hydrogen-bond donors (Lipinski definition) is 0. The third-order valence-corrected chi connectivity index (χ3v) is 2.83. The Hall–Kier alpha value is -2.23. The molecule has 0 saturated carbocycles. The number of benzene rings is 1. The van der Waals surface area contributed by atoms with Crippen LogP contribution in [-0.2, 0) is 0 Å². The van der Waals surface area contributed by atoms with Crippen LogP contribution < -0.4 is 4.90 Å². The lowest BCUT2D eigenvalue weighted by molar-refractivity contribution is 0.0987. The van der Waals surface area contributed by atoms with E-state index < -0.39 is 5.95 Å². The number of amides is 1. The topological polar surface area (TPSA) is 33.2 Å². The van der Waals surface area contributed by atoms with E-state index in [-0.39, 0.29) is 11.6 Å². The Bertz CT molecular complexity index is 605. The molecule has 0 atom stereocenters. The van der Waals surface area contributed by atoms with Gasteiger partial charge in [-0.15, -0.1) is 0 Å². The molecule has 0 saturated heterocycles. The minimum absolute atomic E-state index is 0.0988. The summed E-state index contributed by atoms with van der Waals surface area (Å²) in [4.78, 5) is 17.3. The molecule has 1 amide bonds. The smallest absolute Gasteiger partial charge is 0.276 e. The quantitative estimate of drug-likeness (QED) is 0.775. The van der Waals surface area contributed by atoms with E-state index >= 15 is 0 Å². The van der Waals surface area contributed by atoms with Crippen LogP contribution in [0.3, 0.4) is 0 Å². The zero-order valence-corrected chi connectivity index (χ0v) is 11.1. The molecule has 4 heteroatoms. The van der Waals surface area contributed by atoms with E-state index in [0.717, 1.165) is 16.8 Å². The molecule has 3 nitrogen and oxygen atoms in total. The number of pyridine rings is 1. The molecule has 0 N–H and O–H groups in total. The first-order valence-corrected chi connectivity index (χ1v) is 5.96. The highest BCUT2D eigenvalue weighted by Gasteiger charge is 2.15. The van der Waals surface area contributed by atoms with Crippen LogP contribution in [0.2, 0.25) is 0 Å². The van der Waals surface area contributed by atoms with Crippen molar-refractivity contribution < 1.29 is 9.18 Å². The fraction of sp³-hybridized carbons (Fsp3) is 0.200. The number of rotatable bonds is 2. The number of anilines is 1. The highest BCUT2D eigenvalue weighted by Crippen LogP contribution is 2.19. The minimum Gasteiger partial charge on any atom is -0.310 e. The molecule has 2 aromatic rings. The van der Waals surface area contributed by atoms with Crippen LogP contribution in [0.15, 0.2) is 36.4 Å². The molecule has 1 aromatic carbocycles. The lowest BCUT2D eigenvalue weighted by Gasteiger charge is -2.18. The number of halogens is 1. The van der Waals surface area contributed by atoms with Gasteiger partial charge in [0.2, 0.25) is 5.95 Å². The molecule has 0 fully saturated rings. The third kappa shape index (κ3) is 2.96. The zero-order valence-electron chi connectivity index (χ0n) is 11.1. The van der Waals surface area contributed by atoms with E-state index in [1.807, 2.05) is 32.0 Å². The van der Waals surface area contributed by atoms with Gasteiger partial charge >= 0.3 is 0 Å². The molecule has 0 aliphatic rings. The third-order valence-electron chi connectivity index (χ3n) is 2.83. The van der Waals surface area contributed by atoms with Gasteiger partial charge in [-0.05, 0) is 49.2 Å². The van der Waals surface area contributed by atoms with Crippen LogP contribution in [-0.4, -0.2) is 17.9 Å². The fourth-order valence-electron chi connectivity index (χ4n) is 1.96. The summed E-state index contributed by atoms with van der Waals surface area (Å²) >= 11 is 0. The number of nitrogens with zero attached hydrogens (tertiary/aromatic N) is 2. The molecule has 0 spiro atoms. The van der Waals surface area contributed by atoms with Gasteiger partial charge in [-0.3, -0.25) is 4.79 Å². The Morgan fingerprint density at radius 1 is 1.16 bits per heavy atom. The monoisotopic (exact) mass is 258 g/mol. The lowest BCUT2D eigenvalue weighted by atomic mass is 10.1. The predicted molar refractivity (Wildman–Crippen MR) is 72.8 cm³/mol. The Morgan fingerprint density at radius 3 is 2.37 bits per heavy atom. The molecule has 0 radical (unpaired) electrons. The Morgan fingerprint density at radius 2 is 1.79 bits per heavy atom. The van der Waals surface area contributed by atoms with Crippen molar-refractivity contribution in [2.24, 2.45) is 0 Å². The van der Waals surface area contributed by atoms with Gasteiger partial charge in [0.1, 0.15) is 5.69 Å². The van der Waals surface area contributed by atoms with Crippen molar-refractivity contribution in [3.05, 3.63) is 59.2 Å². The van der Waals surface area contributed by atoms with Crippen LogP contribution in [0.4, 0.5) is 10.1 Å². The summed E-state index contributed by atoms with van der Waals surface area (Å²) in [5.74, 6) is -0.982. The summed E-state index contributed by atoms with van der Waals surface area (Å²) in [6.07, 6.45) is 0. The normalized spacial score (nSPS) is 10.3. The lowest BCUT2D eigenvalue weighted by Crippen LogP contribution is -2.27. The maximum atomic E-state index is 13.0. The van der Waals surface area contributed by atoms with Crippen LogP contribution in [0.5, 0.6) is 0 Å². The van der Waals surface area contributed by atoms with Gasteiger partial charge in [-0.1, -0.05) is 12.1 Å². The van der Waals surface area contributed by atoms with Crippen molar-refractivity contribution in [1.82, 2.24) is 4.98 Å². The largest absolute Gasteiger partial charge is 0.310 e. The predicted octanol–water partition coefficient (Wildman–Crippen LogP) is 3.11. The van der Waals surface area contributed by atoms with Gasteiger partial charge < -0.3 is 4.90 Å². The van der Waals surface area contributed by atoms with E-state index in [2.05, 4.69) is 4.98 Å². The molecular weight excluding hydrogens is 243 g/mol. The van der Waals surface area contributed by atoms with Crippen LogP contribution in [0.1, 0.15) is 21.6 Å². The molecule has 0 aliphatic carbocycles. The van der Waals surface area contributed by atoms with Gasteiger partial charge in [-0.2, -0.15) is 4.39 Å². The second-order valence-electron chi connectivity index (χ2n) is 4.56. The molecule has 2 rings (SSSR count). The standard InChI is InChI=1S/C15H15FN2O/c1-10-7-11(2)9-12(8-10)18(3)15(19)13-5-4-6-14(16)17-13/h4-9H,1-3H3. The Balaban J connectivity index is 2.33. The SMILES string of the molecule is Cc1cc(C)cc(N(C)C(=O)c2cccc(F)n2)c1. The van der Waals surface area contributed by atoms with E-state index in [1.54, 1.807) is 7.05 Å². The van der Waals surface area contributed by atoms with Crippen molar-refractivity contribution in [2.75, 3.05) is 11.9 Å². The molecule has 1 aromatic heterocycles. The van der Waals surface area contributed by atoms with Crippen LogP contribution in [0.25, 0.3) is 0 Å². The van der Waals surface area contributed by atoms with E-state index in [9.17, 15) is 9.18 Å². The van der Waals surface area contributed by atoms with Crippen molar-refractivity contribution in [2.45, 2.75) is 13.8 Å². The zero-order chi connectivity index (χ0) is 14.0. The van der Waals surface area contributed by atoms with Crippen LogP contribution >= 0.6 is 0 Å². The van der Waals surface area contributed by atoms with E-state index in [0.29, 0.717) is 0 Å². The summed E-state index contributed by atoms with van der Waals surface area (Å²) in [5, 5.41) is 0. The highest BCUT2D eigenvalue weighted by molar-refractivity contribution is 6.04. The maximum Gasteiger partial charge on any atom is 0.276 e. The van der Waals surface area contributed by atoms with E-state index in [4.69, 9.17) is 0 Å². The molecule has 0 bridgehead atoms. The van der Waals surface area contributed by atoms with Crippen molar-refractivity contribution in [3.8, 4) is 0 Å². The number of hydrogen-bond acceptors (Lipinski definition) is 2. The minimum atomic E-state index is -0.653. The van der Waals surface area contributed by atoms with E-state index in [1.165, 1.54) is 23.1 Å². The maximum absolute atomic E-state index is 13.0. The summed E-state index contributed by atoms with van der Waals surface area (Å²) in [7, 11) is 1.66. The Labute approximate surface area is 111 Å². The molecule has 19 heavy (non-hydrogen) atoms.